The number of allylic oxidation sites excluding steroid dienone is 2. The van der Waals surface area contributed by atoms with E-state index < -0.39 is 0 Å². The Labute approximate surface area is 101 Å². The van der Waals surface area contributed by atoms with Crippen LogP contribution in [0.1, 0.15) is 65.7 Å². The number of hydrogen-bond acceptors (Lipinski definition) is 1. The molecule has 0 aliphatic heterocycles. The van der Waals surface area contributed by atoms with Gasteiger partial charge in [0.15, 0.2) is 0 Å². The minimum Gasteiger partial charge on any atom is -0.402 e. The molecule has 0 aromatic rings. The minimum absolute atomic E-state index is 0.755. The molecule has 16 heavy (non-hydrogen) atoms. The fourth-order valence-corrected chi connectivity index (χ4v) is 2.80. The van der Waals surface area contributed by atoms with Crippen LogP contribution in [0, 0.1) is 17.8 Å². The van der Waals surface area contributed by atoms with E-state index in [1.54, 1.807) is 0 Å². The summed E-state index contributed by atoms with van der Waals surface area (Å²) < 4.78 is 0. The maximum Gasteiger partial charge on any atom is 0.00429 e. The lowest BCUT2D eigenvalue weighted by Crippen LogP contribution is -2.20. The van der Waals surface area contributed by atoms with Gasteiger partial charge in [0.05, 0.1) is 0 Å². The van der Waals surface area contributed by atoms with Gasteiger partial charge in [-0.15, -0.1) is 0 Å². The van der Waals surface area contributed by atoms with Crippen LogP contribution in [0.15, 0.2) is 11.8 Å². The first-order chi connectivity index (χ1) is 7.67. The standard InChI is InChI=1S/C15H29N/c1-4-12(3)7-6-8-14-9-10-15(16)11-13(14)5-2/h11-14H,4-10,16H2,1-3H3. The van der Waals surface area contributed by atoms with Crippen LogP contribution in [-0.2, 0) is 0 Å². The normalized spacial score (nSPS) is 27.6. The second kappa shape index (κ2) is 6.98. The van der Waals surface area contributed by atoms with Crippen molar-refractivity contribution in [2.45, 2.75) is 65.7 Å². The summed E-state index contributed by atoms with van der Waals surface area (Å²) in [5, 5.41) is 0. The summed E-state index contributed by atoms with van der Waals surface area (Å²) in [4.78, 5) is 0. The fraction of sp³-hybridized carbons (Fsp3) is 0.867. The van der Waals surface area contributed by atoms with Crippen LogP contribution in [0.3, 0.4) is 0 Å². The molecular weight excluding hydrogens is 194 g/mol. The van der Waals surface area contributed by atoms with Gasteiger partial charge in [-0.05, 0) is 43.4 Å². The van der Waals surface area contributed by atoms with Gasteiger partial charge in [-0.3, -0.25) is 0 Å². The molecule has 3 unspecified atom stereocenters. The largest absolute Gasteiger partial charge is 0.402 e. The smallest absolute Gasteiger partial charge is 0.00429 e. The summed E-state index contributed by atoms with van der Waals surface area (Å²) in [7, 11) is 0. The van der Waals surface area contributed by atoms with Crippen LogP contribution in [0.2, 0.25) is 0 Å². The predicted molar refractivity (Wildman–Crippen MR) is 72.1 cm³/mol. The zero-order valence-electron chi connectivity index (χ0n) is 11.3. The van der Waals surface area contributed by atoms with Crippen LogP contribution < -0.4 is 5.73 Å². The van der Waals surface area contributed by atoms with Gasteiger partial charge in [-0.2, -0.15) is 0 Å². The van der Waals surface area contributed by atoms with Gasteiger partial charge in [-0.25, -0.2) is 0 Å². The molecule has 1 nitrogen and oxygen atoms in total. The molecular formula is C15H29N. The summed E-state index contributed by atoms with van der Waals surface area (Å²) in [6.45, 7) is 6.96. The highest BCUT2D eigenvalue weighted by Gasteiger charge is 2.22. The Kier molecular flexibility index (Phi) is 5.94. The molecule has 0 saturated carbocycles. The van der Waals surface area contributed by atoms with Crippen molar-refractivity contribution in [1.29, 1.82) is 0 Å². The van der Waals surface area contributed by atoms with E-state index in [2.05, 4.69) is 26.8 Å². The molecule has 0 aromatic heterocycles. The maximum atomic E-state index is 5.92. The van der Waals surface area contributed by atoms with E-state index in [-0.39, 0.29) is 0 Å². The molecule has 0 saturated heterocycles. The summed E-state index contributed by atoms with van der Waals surface area (Å²) >= 11 is 0. The summed E-state index contributed by atoms with van der Waals surface area (Å²) in [6.07, 6.45) is 11.6. The van der Waals surface area contributed by atoms with E-state index >= 15 is 0 Å². The van der Waals surface area contributed by atoms with E-state index in [1.165, 1.54) is 38.5 Å². The van der Waals surface area contributed by atoms with Gasteiger partial charge in [0.25, 0.3) is 0 Å². The molecule has 0 bridgehead atoms. The summed E-state index contributed by atoms with van der Waals surface area (Å²) in [5.74, 6) is 2.57. The molecule has 3 atom stereocenters. The van der Waals surface area contributed by atoms with Gasteiger partial charge < -0.3 is 5.73 Å². The lowest BCUT2D eigenvalue weighted by Gasteiger charge is -2.29. The molecule has 0 aromatic carbocycles. The van der Waals surface area contributed by atoms with E-state index in [0.29, 0.717) is 0 Å². The van der Waals surface area contributed by atoms with Gasteiger partial charge in [0.1, 0.15) is 0 Å². The third-order valence-electron chi connectivity index (χ3n) is 4.28. The number of hydrogen-bond donors (Lipinski definition) is 1. The Hall–Kier alpha value is -0.460. The van der Waals surface area contributed by atoms with Gasteiger partial charge in [0, 0.05) is 5.70 Å². The van der Waals surface area contributed by atoms with Crippen molar-refractivity contribution in [2.75, 3.05) is 0 Å². The fourth-order valence-electron chi connectivity index (χ4n) is 2.80. The third-order valence-corrected chi connectivity index (χ3v) is 4.28. The van der Waals surface area contributed by atoms with Crippen LogP contribution in [-0.4, -0.2) is 0 Å². The van der Waals surface area contributed by atoms with Crippen molar-refractivity contribution in [2.24, 2.45) is 23.5 Å². The number of nitrogens with two attached hydrogens (primary N) is 1. The monoisotopic (exact) mass is 223 g/mol. The average molecular weight is 223 g/mol. The molecule has 0 heterocycles. The average Bonchev–Trinajstić information content (AvgIpc) is 2.30. The second-order valence-corrected chi connectivity index (χ2v) is 5.56. The number of rotatable bonds is 6. The molecule has 0 amide bonds. The maximum absolute atomic E-state index is 5.92. The van der Waals surface area contributed by atoms with Crippen LogP contribution in [0.5, 0.6) is 0 Å². The molecule has 1 aliphatic rings. The van der Waals surface area contributed by atoms with Crippen molar-refractivity contribution in [3.05, 3.63) is 11.8 Å². The molecule has 0 radical (unpaired) electrons. The summed E-state index contributed by atoms with van der Waals surface area (Å²) in [5.41, 5.74) is 7.05. The van der Waals surface area contributed by atoms with Crippen LogP contribution >= 0.6 is 0 Å². The van der Waals surface area contributed by atoms with Crippen molar-refractivity contribution < 1.29 is 0 Å². The van der Waals surface area contributed by atoms with Gasteiger partial charge >= 0.3 is 0 Å². The van der Waals surface area contributed by atoms with Crippen molar-refractivity contribution in [3.8, 4) is 0 Å². The lowest BCUT2D eigenvalue weighted by atomic mass is 9.78. The van der Waals surface area contributed by atoms with Crippen molar-refractivity contribution in [1.82, 2.24) is 0 Å². The minimum atomic E-state index is 0.755. The van der Waals surface area contributed by atoms with Crippen molar-refractivity contribution in [3.63, 3.8) is 0 Å². The highest BCUT2D eigenvalue weighted by Crippen LogP contribution is 2.33. The van der Waals surface area contributed by atoms with E-state index in [4.69, 9.17) is 5.73 Å². The predicted octanol–water partition coefficient (Wildman–Crippen LogP) is 4.48. The Balaban J connectivity index is 2.31. The van der Waals surface area contributed by atoms with E-state index in [0.717, 1.165) is 29.9 Å². The van der Waals surface area contributed by atoms with Crippen molar-refractivity contribution >= 4 is 0 Å². The molecule has 0 spiro atoms. The first-order valence-corrected chi connectivity index (χ1v) is 7.13. The Morgan fingerprint density at radius 3 is 2.81 bits per heavy atom. The summed E-state index contributed by atoms with van der Waals surface area (Å²) in [6, 6.07) is 0. The molecule has 2 N–H and O–H groups in total. The molecule has 1 aliphatic carbocycles. The first kappa shape index (κ1) is 13.6. The molecule has 94 valence electrons. The quantitative estimate of drug-likeness (QED) is 0.706. The Morgan fingerprint density at radius 2 is 2.19 bits per heavy atom. The molecule has 0 fully saturated rings. The van der Waals surface area contributed by atoms with E-state index in [1.807, 2.05) is 0 Å². The Bertz CT molecular complexity index is 219. The molecule has 1 heteroatoms. The zero-order chi connectivity index (χ0) is 12.0. The van der Waals surface area contributed by atoms with Crippen LogP contribution in [0.25, 0.3) is 0 Å². The highest BCUT2D eigenvalue weighted by atomic mass is 14.6. The topological polar surface area (TPSA) is 26.0 Å². The SMILES string of the molecule is CCC(C)CCCC1CCC(N)=CC1CC. The Morgan fingerprint density at radius 1 is 1.44 bits per heavy atom. The zero-order valence-corrected chi connectivity index (χ0v) is 11.3. The van der Waals surface area contributed by atoms with Gasteiger partial charge in [-0.1, -0.05) is 46.1 Å². The lowest BCUT2D eigenvalue weighted by molar-refractivity contribution is 0.301. The first-order valence-electron chi connectivity index (χ1n) is 7.13. The highest BCUT2D eigenvalue weighted by molar-refractivity contribution is 5.05. The second-order valence-electron chi connectivity index (χ2n) is 5.56. The van der Waals surface area contributed by atoms with Crippen LogP contribution in [0.4, 0.5) is 0 Å². The third kappa shape index (κ3) is 4.19. The van der Waals surface area contributed by atoms with Gasteiger partial charge in [0.2, 0.25) is 0 Å². The molecule has 1 rings (SSSR count). The van der Waals surface area contributed by atoms with E-state index in [9.17, 15) is 0 Å².